The first-order valence-corrected chi connectivity index (χ1v) is 5.05. The van der Waals surface area contributed by atoms with Crippen molar-refractivity contribution in [2.45, 2.75) is 32.7 Å². The third-order valence-corrected chi connectivity index (χ3v) is 2.90. The molecule has 0 saturated heterocycles. The van der Waals surface area contributed by atoms with Gasteiger partial charge in [-0.05, 0) is 25.3 Å². The van der Waals surface area contributed by atoms with Crippen molar-refractivity contribution in [3.8, 4) is 6.07 Å². The fraction of sp³-hybridized carbons (Fsp3) is 0.545. The average Bonchev–Trinajstić information content (AvgIpc) is 2.92. The van der Waals surface area contributed by atoms with Gasteiger partial charge in [0.05, 0.1) is 6.07 Å². The first-order chi connectivity index (χ1) is 7.15. The van der Waals surface area contributed by atoms with E-state index in [9.17, 15) is 4.79 Å². The summed E-state index contributed by atoms with van der Waals surface area (Å²) in [7, 11) is 0. The van der Waals surface area contributed by atoms with Gasteiger partial charge in [0, 0.05) is 30.8 Å². The summed E-state index contributed by atoms with van der Waals surface area (Å²) in [6.07, 6.45) is 6.00. The Morgan fingerprint density at radius 3 is 3.00 bits per heavy atom. The van der Waals surface area contributed by atoms with Crippen molar-refractivity contribution in [2.24, 2.45) is 5.41 Å². The monoisotopic (exact) mass is 203 g/mol. The van der Waals surface area contributed by atoms with E-state index in [0.29, 0.717) is 13.0 Å². The summed E-state index contributed by atoms with van der Waals surface area (Å²) in [6, 6.07) is 2.19. The van der Waals surface area contributed by atoms with Crippen molar-refractivity contribution >= 4 is 0 Å². The van der Waals surface area contributed by atoms with E-state index in [-0.39, 0.29) is 11.1 Å². The van der Waals surface area contributed by atoms with Gasteiger partial charge in [-0.2, -0.15) is 5.26 Å². The van der Waals surface area contributed by atoms with Gasteiger partial charge in [0.25, 0.3) is 0 Å². The van der Waals surface area contributed by atoms with E-state index >= 15 is 0 Å². The molecule has 0 unspecified atom stereocenters. The summed E-state index contributed by atoms with van der Waals surface area (Å²) in [6.45, 7) is 2.54. The van der Waals surface area contributed by atoms with E-state index in [4.69, 9.17) is 5.26 Å². The van der Waals surface area contributed by atoms with Gasteiger partial charge in [0.15, 0.2) is 0 Å². The first-order valence-electron chi connectivity index (χ1n) is 5.05. The second-order valence-electron chi connectivity index (χ2n) is 4.38. The number of nitrogens with zero attached hydrogens (tertiary/aromatic N) is 3. The first kappa shape index (κ1) is 9.91. The van der Waals surface area contributed by atoms with Gasteiger partial charge < -0.3 is 0 Å². The maximum absolute atomic E-state index is 11.5. The molecule has 0 aromatic carbocycles. The highest BCUT2D eigenvalue weighted by molar-refractivity contribution is 5.04. The largest absolute Gasteiger partial charge is 0.347 e. The minimum atomic E-state index is -0.218. The summed E-state index contributed by atoms with van der Waals surface area (Å²) in [5, 5.41) is 8.69. The normalized spacial score (nSPS) is 17.1. The smallest absolute Gasteiger partial charge is 0.298 e. The zero-order valence-electron chi connectivity index (χ0n) is 8.73. The van der Waals surface area contributed by atoms with Crippen molar-refractivity contribution in [3.05, 3.63) is 28.4 Å². The molecule has 2 rings (SSSR count). The van der Waals surface area contributed by atoms with Crippen LogP contribution >= 0.6 is 0 Å². The van der Waals surface area contributed by atoms with Crippen LogP contribution in [0.2, 0.25) is 0 Å². The molecule has 0 radical (unpaired) electrons. The van der Waals surface area contributed by atoms with Gasteiger partial charge in [-0.15, -0.1) is 0 Å². The van der Waals surface area contributed by atoms with Gasteiger partial charge >= 0.3 is 5.69 Å². The van der Waals surface area contributed by atoms with Gasteiger partial charge in [-0.25, -0.2) is 9.78 Å². The maximum Gasteiger partial charge on any atom is 0.347 e. The van der Waals surface area contributed by atoms with Gasteiger partial charge in [-0.3, -0.25) is 4.57 Å². The molecule has 0 N–H and O–H groups in total. The fourth-order valence-corrected chi connectivity index (χ4v) is 1.78. The van der Waals surface area contributed by atoms with Crippen molar-refractivity contribution in [2.75, 3.05) is 0 Å². The Bertz CT molecular complexity index is 465. The van der Waals surface area contributed by atoms with Gasteiger partial charge in [0.2, 0.25) is 0 Å². The van der Waals surface area contributed by atoms with E-state index < -0.39 is 0 Å². The highest BCUT2D eigenvalue weighted by Gasteiger charge is 2.42. The summed E-state index contributed by atoms with van der Waals surface area (Å²) < 4.78 is 1.62. The molecule has 0 atom stereocenters. The Morgan fingerprint density at radius 2 is 2.40 bits per heavy atom. The van der Waals surface area contributed by atoms with E-state index in [0.717, 1.165) is 18.4 Å². The predicted molar refractivity (Wildman–Crippen MR) is 55.1 cm³/mol. The highest BCUT2D eigenvalue weighted by Crippen LogP contribution is 2.49. The highest BCUT2D eigenvalue weighted by atomic mass is 16.1. The van der Waals surface area contributed by atoms with Crippen LogP contribution in [-0.4, -0.2) is 9.55 Å². The average molecular weight is 203 g/mol. The molecule has 78 valence electrons. The van der Waals surface area contributed by atoms with Crippen LogP contribution in [-0.2, 0) is 6.54 Å². The van der Waals surface area contributed by atoms with Crippen LogP contribution in [0.25, 0.3) is 0 Å². The van der Waals surface area contributed by atoms with Crippen molar-refractivity contribution < 1.29 is 0 Å². The molecule has 4 nitrogen and oxygen atoms in total. The Kier molecular flexibility index (Phi) is 2.31. The molecular weight excluding hydrogens is 190 g/mol. The Labute approximate surface area is 88.2 Å². The fourth-order valence-electron chi connectivity index (χ4n) is 1.78. The second kappa shape index (κ2) is 3.50. The molecule has 1 heterocycles. The zero-order chi connectivity index (χ0) is 10.9. The minimum Gasteiger partial charge on any atom is -0.298 e. The lowest BCUT2D eigenvalue weighted by Crippen LogP contribution is -2.26. The molecule has 0 spiro atoms. The van der Waals surface area contributed by atoms with E-state index in [1.54, 1.807) is 10.8 Å². The van der Waals surface area contributed by atoms with Crippen LogP contribution in [0, 0.1) is 23.7 Å². The van der Waals surface area contributed by atoms with Crippen LogP contribution in [0.5, 0.6) is 0 Å². The van der Waals surface area contributed by atoms with E-state index in [1.165, 1.54) is 0 Å². The number of aromatic nitrogens is 2. The van der Waals surface area contributed by atoms with Crippen LogP contribution in [0.15, 0.2) is 17.2 Å². The van der Waals surface area contributed by atoms with Crippen molar-refractivity contribution in [1.29, 1.82) is 5.26 Å². The SMILES string of the molecule is Cc1cnc(=O)n(CC2(CC#N)CC2)c1. The number of hydrogen-bond acceptors (Lipinski definition) is 3. The van der Waals surface area contributed by atoms with Crippen molar-refractivity contribution in [3.63, 3.8) is 0 Å². The number of aryl methyl sites for hydroxylation is 1. The Hall–Kier alpha value is -1.63. The van der Waals surface area contributed by atoms with Crippen LogP contribution < -0.4 is 5.69 Å². The number of hydrogen-bond donors (Lipinski definition) is 0. The molecule has 1 saturated carbocycles. The van der Waals surface area contributed by atoms with Gasteiger partial charge in [0.1, 0.15) is 0 Å². The Morgan fingerprint density at radius 1 is 1.67 bits per heavy atom. The molecule has 0 aliphatic heterocycles. The van der Waals surface area contributed by atoms with Gasteiger partial charge in [-0.1, -0.05) is 0 Å². The second-order valence-corrected chi connectivity index (χ2v) is 4.38. The van der Waals surface area contributed by atoms with Crippen molar-refractivity contribution in [1.82, 2.24) is 9.55 Å². The molecule has 4 heteroatoms. The summed E-state index contributed by atoms with van der Waals surface area (Å²) >= 11 is 0. The Balaban J connectivity index is 2.21. The standard InChI is InChI=1S/C11H13N3O/c1-9-6-13-10(15)14(7-9)8-11(2-3-11)4-5-12/h6-7H,2-4,8H2,1H3. The van der Waals surface area contributed by atoms with Crippen LogP contribution in [0.4, 0.5) is 0 Å². The molecular formula is C11H13N3O. The molecule has 15 heavy (non-hydrogen) atoms. The number of nitriles is 1. The lowest BCUT2D eigenvalue weighted by molar-refractivity contribution is 0.418. The molecule has 1 aromatic heterocycles. The third kappa shape index (κ3) is 2.07. The maximum atomic E-state index is 11.5. The molecule has 1 fully saturated rings. The van der Waals surface area contributed by atoms with Crippen LogP contribution in [0.1, 0.15) is 24.8 Å². The predicted octanol–water partition coefficient (Wildman–Crippen LogP) is 1.25. The quantitative estimate of drug-likeness (QED) is 0.742. The molecule has 0 amide bonds. The molecule has 1 aromatic rings. The lowest BCUT2D eigenvalue weighted by Gasteiger charge is -2.12. The number of rotatable bonds is 3. The third-order valence-electron chi connectivity index (χ3n) is 2.90. The molecule has 0 bridgehead atoms. The minimum absolute atomic E-state index is 0.0497. The summed E-state index contributed by atoms with van der Waals surface area (Å²) in [4.78, 5) is 15.2. The van der Waals surface area contributed by atoms with E-state index in [2.05, 4.69) is 11.1 Å². The summed E-state index contributed by atoms with van der Waals surface area (Å²) in [5.74, 6) is 0. The van der Waals surface area contributed by atoms with E-state index in [1.807, 2.05) is 13.1 Å². The summed E-state index contributed by atoms with van der Waals surface area (Å²) in [5.41, 5.74) is 0.806. The molecule has 1 aliphatic carbocycles. The molecule has 1 aliphatic rings. The lowest BCUT2D eigenvalue weighted by atomic mass is 10.0. The van der Waals surface area contributed by atoms with Crippen LogP contribution in [0.3, 0.4) is 0 Å². The zero-order valence-corrected chi connectivity index (χ0v) is 8.73. The topological polar surface area (TPSA) is 58.7 Å².